The number of carbonyl (C=O) groups excluding carboxylic acids is 4. The highest BCUT2D eigenvalue weighted by atomic mass is 32.2. The van der Waals surface area contributed by atoms with Gasteiger partial charge in [0.25, 0.3) is 5.91 Å². The number of pyridine rings is 1. The van der Waals surface area contributed by atoms with Gasteiger partial charge in [-0.1, -0.05) is 51.6 Å². The number of fused-ring (bicyclic) bond motifs is 7. The number of hydrogen-bond donors (Lipinski definition) is 3. The van der Waals surface area contributed by atoms with Crippen molar-refractivity contribution in [2.75, 3.05) is 53.6 Å². The van der Waals surface area contributed by atoms with Crippen LogP contribution >= 0.6 is 11.8 Å². The van der Waals surface area contributed by atoms with E-state index in [2.05, 4.69) is 59.2 Å². The average Bonchev–Trinajstić information content (AvgIpc) is 4.04. The number of aromatic hydroxyl groups is 1. The van der Waals surface area contributed by atoms with E-state index in [4.69, 9.17) is 19.2 Å². The maximum absolute atomic E-state index is 15.1. The van der Waals surface area contributed by atoms with Crippen LogP contribution in [-0.4, -0.2) is 130 Å². The normalized spacial score (nSPS) is 24.8. The summed E-state index contributed by atoms with van der Waals surface area (Å²) in [5, 5.41) is 18.9. The largest absolute Gasteiger partial charge is 0.508 e. The van der Waals surface area contributed by atoms with Crippen LogP contribution in [0.4, 0.5) is 0 Å². The van der Waals surface area contributed by atoms with E-state index in [0.29, 0.717) is 57.6 Å². The third-order valence-corrected chi connectivity index (χ3v) is 15.7. The van der Waals surface area contributed by atoms with Crippen molar-refractivity contribution < 1.29 is 38.5 Å². The van der Waals surface area contributed by atoms with Gasteiger partial charge in [0, 0.05) is 85.8 Å². The van der Waals surface area contributed by atoms with Crippen molar-refractivity contribution in [1.82, 2.24) is 35.1 Å². The number of morpholine rings is 1. The number of nitrogens with zero attached hydrogens (tertiary/aromatic N) is 5. The number of aromatic nitrogens is 2. The second-order valence-corrected chi connectivity index (χ2v) is 21.6. The Morgan fingerprint density at radius 3 is 2.62 bits per heavy atom. The Balaban J connectivity index is 1.14. The summed E-state index contributed by atoms with van der Waals surface area (Å²) in [6, 6.07) is 13.8. The first-order valence-electron chi connectivity index (χ1n) is 24.5. The number of esters is 1. The van der Waals surface area contributed by atoms with E-state index in [9.17, 15) is 19.5 Å². The molecule has 6 atom stereocenters. The van der Waals surface area contributed by atoms with E-state index >= 15 is 4.79 Å². The zero-order chi connectivity index (χ0) is 48.9. The summed E-state index contributed by atoms with van der Waals surface area (Å²) in [5.41, 5.74) is 8.54. The summed E-state index contributed by atoms with van der Waals surface area (Å²) in [4.78, 5) is 68.2. The topological polar surface area (TPSA) is 168 Å². The van der Waals surface area contributed by atoms with E-state index in [0.717, 1.165) is 56.0 Å². The van der Waals surface area contributed by atoms with Gasteiger partial charge < -0.3 is 34.1 Å². The number of cyclic esters (lactones) is 1. The molecule has 2 aromatic heterocycles. The van der Waals surface area contributed by atoms with Gasteiger partial charge in [0.1, 0.15) is 17.8 Å². The quantitative estimate of drug-likeness (QED) is 0.146. The molecule has 7 heterocycles. The Labute approximate surface area is 409 Å². The molecule has 0 aliphatic carbocycles. The van der Waals surface area contributed by atoms with E-state index in [1.54, 1.807) is 37.4 Å². The van der Waals surface area contributed by atoms with Gasteiger partial charge in [-0.2, -0.15) is 0 Å². The highest BCUT2D eigenvalue weighted by Crippen LogP contribution is 2.48. The second-order valence-electron chi connectivity index (χ2n) is 20.7. The van der Waals surface area contributed by atoms with Crippen molar-refractivity contribution in [2.24, 2.45) is 17.3 Å². The monoisotopic (exact) mass is 961 g/mol. The lowest BCUT2D eigenvalue weighted by atomic mass is 9.83. The van der Waals surface area contributed by atoms with Gasteiger partial charge in [0.15, 0.2) is 5.54 Å². The summed E-state index contributed by atoms with van der Waals surface area (Å²) in [6.07, 6.45) is 3.63. The molecule has 5 aliphatic heterocycles. The number of phenols is 1. The molecule has 4 aromatic rings. The number of nitrogens with one attached hydrogen (secondary N) is 2. The molecule has 9 rings (SSSR count). The number of rotatable bonds is 10. The molecule has 0 unspecified atom stereocenters. The molecule has 6 bridgehead atoms. The van der Waals surface area contributed by atoms with Crippen LogP contribution < -0.4 is 10.7 Å². The molecule has 0 saturated carbocycles. The number of hydrazine groups is 1. The standard InChI is InChI=1S/C53H67N7O8S/c1-9-59-43-14-13-34-25-40(43)41(47(59)39-12-10-16-54-45(39)32(4)66-8)26-52(5,6)30-68-51(65)53(44-29-69-44)15-11-17-60(56-53)50(64)42(22-33-20-35(34)24-38(61)21-33)55-48(62)46(31(2)3)57(7)49(63)36-23-37-28-67-19-18-58(37)27-36/h10,12-14,16,20-21,24-25,29,31-32,36-37,42,46,56,61H,9,11,15,17-19,22-23,26-28,30H2,1-8H3,(H,55,62)/t32-,36-,37+,42-,46-,53-/m0/s1. The van der Waals surface area contributed by atoms with E-state index in [1.165, 1.54) is 16.8 Å². The van der Waals surface area contributed by atoms with Crippen molar-refractivity contribution >= 4 is 46.4 Å². The van der Waals surface area contributed by atoms with Crippen molar-refractivity contribution in [3.8, 4) is 28.1 Å². The number of likely N-dealkylation sites (N-methyl/N-ethyl adjacent to an activating group) is 1. The van der Waals surface area contributed by atoms with Crippen molar-refractivity contribution in [2.45, 2.75) is 110 Å². The summed E-state index contributed by atoms with van der Waals surface area (Å²) in [6.45, 7) is 15.8. The number of ether oxygens (including phenoxy) is 3. The summed E-state index contributed by atoms with van der Waals surface area (Å²) < 4.78 is 20.2. The fraction of sp³-hybridized carbons (Fsp3) is 0.528. The molecule has 3 N–H and O–H groups in total. The predicted octanol–water partition coefficient (Wildman–Crippen LogP) is 6.61. The molecule has 0 spiro atoms. The first-order valence-corrected chi connectivity index (χ1v) is 25.4. The summed E-state index contributed by atoms with van der Waals surface area (Å²) >= 11 is 1.45. The molecule has 368 valence electrons. The molecular weight excluding hydrogens is 895 g/mol. The van der Waals surface area contributed by atoms with Gasteiger partial charge in [-0.15, -0.1) is 0 Å². The highest BCUT2D eigenvalue weighted by molar-refractivity contribution is 8.12. The van der Waals surface area contributed by atoms with Crippen LogP contribution in [0.1, 0.15) is 83.7 Å². The minimum absolute atomic E-state index is 0.00969. The number of thioether (sulfide) groups is 1. The number of aryl methyl sites for hydroxylation is 1. The third kappa shape index (κ3) is 9.54. The van der Waals surface area contributed by atoms with Crippen molar-refractivity contribution in [3.05, 3.63) is 81.9 Å². The first-order chi connectivity index (χ1) is 33.0. The molecule has 3 amide bonds. The molecule has 0 radical (unpaired) electrons. The van der Waals surface area contributed by atoms with Crippen molar-refractivity contribution in [3.63, 3.8) is 0 Å². The summed E-state index contributed by atoms with van der Waals surface area (Å²) in [7, 11) is 3.36. The fourth-order valence-corrected chi connectivity index (χ4v) is 11.9. The van der Waals surface area contributed by atoms with Crippen LogP contribution in [-0.2, 0) is 52.8 Å². The number of methoxy groups -OCH3 is 1. The Bertz CT molecular complexity index is 2670. The number of hydrogen-bond acceptors (Lipinski definition) is 12. The Kier molecular flexibility index (Phi) is 13.8. The van der Waals surface area contributed by atoms with Crippen LogP contribution in [0.5, 0.6) is 5.75 Å². The molecule has 16 heteroatoms. The number of phenolic OH excluding ortho intramolecular Hbond substituents is 1. The van der Waals surface area contributed by atoms with Crippen LogP contribution in [0.25, 0.3) is 33.3 Å². The van der Waals surface area contributed by atoms with Gasteiger partial charge in [-0.05, 0) is 110 Å². The fourth-order valence-electron chi connectivity index (χ4n) is 11.3. The lowest BCUT2D eigenvalue weighted by Gasteiger charge is -2.42. The van der Waals surface area contributed by atoms with E-state index in [1.807, 2.05) is 44.4 Å². The Morgan fingerprint density at radius 1 is 1.10 bits per heavy atom. The molecule has 69 heavy (non-hydrogen) atoms. The van der Waals surface area contributed by atoms with Crippen molar-refractivity contribution in [1.29, 1.82) is 0 Å². The maximum Gasteiger partial charge on any atom is 0.333 e. The maximum atomic E-state index is 15.1. The molecular formula is C53H67N7O8S. The predicted molar refractivity (Wildman–Crippen MR) is 266 cm³/mol. The van der Waals surface area contributed by atoms with Gasteiger partial charge in [-0.3, -0.25) is 29.3 Å². The number of carbonyl (C=O) groups is 4. The molecule has 15 nitrogen and oxygen atoms in total. The van der Waals surface area contributed by atoms with Gasteiger partial charge in [-0.25, -0.2) is 10.2 Å². The second kappa shape index (κ2) is 19.5. The lowest BCUT2D eigenvalue weighted by molar-refractivity contribution is -0.160. The Morgan fingerprint density at radius 2 is 1.90 bits per heavy atom. The minimum atomic E-state index is -1.31. The van der Waals surface area contributed by atoms with Crippen LogP contribution in [0.3, 0.4) is 0 Å². The smallest absolute Gasteiger partial charge is 0.333 e. The van der Waals surface area contributed by atoms with Crippen LogP contribution in [0, 0.1) is 17.3 Å². The zero-order valence-electron chi connectivity index (χ0n) is 41.2. The molecule has 5 aliphatic rings. The molecule has 3 fully saturated rings. The number of amides is 3. The molecule has 3 saturated heterocycles. The zero-order valence-corrected chi connectivity index (χ0v) is 42.0. The molecule has 2 aromatic carbocycles. The van der Waals surface area contributed by atoms with Crippen LogP contribution in [0.15, 0.2) is 65.0 Å². The Hall–Kier alpha value is -5.26. The average molecular weight is 962 g/mol. The van der Waals surface area contributed by atoms with E-state index < -0.39 is 40.8 Å². The van der Waals surface area contributed by atoms with Crippen LogP contribution in [0.2, 0.25) is 0 Å². The number of benzene rings is 2. The highest BCUT2D eigenvalue weighted by Gasteiger charge is 2.52. The van der Waals surface area contributed by atoms with Gasteiger partial charge in [0.05, 0.1) is 43.2 Å². The SMILES string of the molecule is CCn1c(-c2cccnc2[C@H](C)OC)c2c3cc(ccc31)-c1cc(O)cc(c1)C[C@H](NC(=O)[C@H](C(C)C)N(C)C(=O)[C@H]1C[C@@H]3COCCN3C1)C(=O)N1CCC[C@@](C3=CS3)(N1)C(=O)OCC(C)(C)C2. The lowest BCUT2D eigenvalue weighted by Crippen LogP contribution is -2.67. The summed E-state index contributed by atoms with van der Waals surface area (Å²) in [5.74, 6) is -2.05. The van der Waals surface area contributed by atoms with Gasteiger partial charge >= 0.3 is 5.97 Å². The minimum Gasteiger partial charge on any atom is -0.508 e. The van der Waals surface area contributed by atoms with Gasteiger partial charge in [0.2, 0.25) is 11.8 Å². The third-order valence-electron chi connectivity index (χ3n) is 14.8. The first kappa shape index (κ1) is 48.8. The van der Waals surface area contributed by atoms with E-state index in [-0.39, 0.29) is 55.2 Å².